The van der Waals surface area contributed by atoms with Crippen LogP contribution in [0.5, 0.6) is 11.5 Å². The Balaban J connectivity index is 1.47. The molecule has 0 heterocycles. The molecule has 3 rings (SSSR count). The van der Waals surface area contributed by atoms with E-state index < -0.39 is 23.4 Å². The van der Waals surface area contributed by atoms with E-state index >= 15 is 0 Å². The second kappa shape index (κ2) is 14.7. The second-order valence-electron chi connectivity index (χ2n) is 10.2. The Morgan fingerprint density at radius 1 is 0.895 bits per heavy atom. The summed E-state index contributed by atoms with van der Waals surface area (Å²) in [6, 6.07) is 13.1. The van der Waals surface area contributed by atoms with E-state index in [1.165, 1.54) is 22.3 Å². The molecule has 1 unspecified atom stereocenters. The zero-order valence-corrected chi connectivity index (χ0v) is 23.0. The highest BCUT2D eigenvalue weighted by molar-refractivity contribution is 7.84. The van der Waals surface area contributed by atoms with Crippen LogP contribution in [0.15, 0.2) is 42.5 Å². The average molecular weight is 552 g/mol. The maximum atomic E-state index is 12.2. The molecule has 0 spiro atoms. The highest BCUT2D eigenvalue weighted by atomic mass is 32.2. The number of hydrogen-bond acceptors (Lipinski definition) is 4. The van der Waals surface area contributed by atoms with Gasteiger partial charge in [-0.05, 0) is 117 Å². The lowest BCUT2D eigenvalue weighted by atomic mass is 9.89. The van der Waals surface area contributed by atoms with Gasteiger partial charge in [0.05, 0.1) is 6.42 Å². The molecule has 8 heteroatoms. The zero-order chi connectivity index (χ0) is 27.5. The number of unbranched alkanes of at least 4 members (excludes halogenated alkanes) is 3. The standard InChI is InChI=1S/C30H40F3NO3S/c1-34(18-8-19-38(37)20-16-30(31,32)33)17-5-3-2-4-12-29-27(23-9-6-11-25(35)21-23)13-7-10-24-22-26(36)14-15-28(24)29/h6,9,11,14-15,21-22,35-36H,2-5,7-8,10,12-13,16-20H2,1H3. The predicted octanol–water partition coefficient (Wildman–Crippen LogP) is 7.32. The minimum absolute atomic E-state index is 0.265. The molecule has 0 amide bonds. The van der Waals surface area contributed by atoms with E-state index in [9.17, 15) is 27.6 Å². The summed E-state index contributed by atoms with van der Waals surface area (Å²) < 4.78 is 48.5. The van der Waals surface area contributed by atoms with Gasteiger partial charge in [0.2, 0.25) is 0 Å². The van der Waals surface area contributed by atoms with Gasteiger partial charge in [-0.2, -0.15) is 13.2 Å². The smallest absolute Gasteiger partial charge is 0.390 e. The van der Waals surface area contributed by atoms with Crippen molar-refractivity contribution < 1.29 is 27.6 Å². The molecule has 1 atom stereocenters. The molecule has 2 N–H and O–H groups in total. The first-order valence-corrected chi connectivity index (χ1v) is 15.0. The van der Waals surface area contributed by atoms with Crippen LogP contribution >= 0.6 is 0 Å². The Kier molecular flexibility index (Phi) is 11.7. The molecule has 210 valence electrons. The van der Waals surface area contributed by atoms with Crippen molar-refractivity contribution in [3.8, 4) is 11.5 Å². The highest BCUT2D eigenvalue weighted by Gasteiger charge is 2.27. The van der Waals surface area contributed by atoms with Crippen molar-refractivity contribution in [2.45, 2.75) is 70.4 Å². The summed E-state index contributed by atoms with van der Waals surface area (Å²) in [5.41, 5.74) is 6.01. The van der Waals surface area contributed by atoms with Crippen molar-refractivity contribution in [2.75, 3.05) is 31.6 Å². The Labute approximate surface area is 227 Å². The number of halogens is 3. The number of phenols is 2. The summed E-state index contributed by atoms with van der Waals surface area (Å²) in [6.45, 7) is 1.65. The summed E-state index contributed by atoms with van der Waals surface area (Å²) in [4.78, 5) is 2.16. The highest BCUT2D eigenvalue weighted by Crippen LogP contribution is 2.40. The molecule has 0 aliphatic heterocycles. The number of aromatic hydroxyl groups is 2. The first-order valence-electron chi connectivity index (χ1n) is 13.6. The van der Waals surface area contributed by atoms with Gasteiger partial charge in [-0.1, -0.05) is 31.0 Å². The van der Waals surface area contributed by atoms with Gasteiger partial charge in [-0.15, -0.1) is 0 Å². The summed E-state index contributed by atoms with van der Waals surface area (Å²) in [5, 5.41) is 20.1. The maximum absolute atomic E-state index is 12.2. The predicted molar refractivity (Wildman–Crippen MR) is 150 cm³/mol. The average Bonchev–Trinajstić information content (AvgIpc) is 3.03. The fourth-order valence-corrected chi connectivity index (χ4v) is 6.24. The van der Waals surface area contributed by atoms with Gasteiger partial charge in [0, 0.05) is 22.3 Å². The zero-order valence-electron chi connectivity index (χ0n) is 22.2. The lowest BCUT2D eigenvalue weighted by Gasteiger charge is -2.17. The number of hydrogen-bond donors (Lipinski definition) is 2. The Bertz CT molecular complexity index is 1100. The third-order valence-electron chi connectivity index (χ3n) is 7.09. The van der Waals surface area contributed by atoms with Crippen LogP contribution in [-0.2, 0) is 17.2 Å². The first kappa shape index (κ1) is 30.2. The summed E-state index contributed by atoms with van der Waals surface area (Å²) >= 11 is 0. The fourth-order valence-electron chi connectivity index (χ4n) is 5.12. The molecule has 0 aromatic heterocycles. The molecule has 2 aromatic rings. The van der Waals surface area contributed by atoms with E-state index in [1.54, 1.807) is 12.1 Å². The molecular formula is C30H40F3NO3S. The van der Waals surface area contributed by atoms with E-state index in [0.717, 1.165) is 70.0 Å². The van der Waals surface area contributed by atoms with E-state index in [0.29, 0.717) is 17.9 Å². The fraction of sp³-hybridized carbons (Fsp3) is 0.533. The van der Waals surface area contributed by atoms with Crippen LogP contribution in [0.1, 0.15) is 74.5 Å². The number of rotatable bonds is 14. The molecular weight excluding hydrogens is 511 g/mol. The molecule has 0 radical (unpaired) electrons. The van der Waals surface area contributed by atoms with Crippen LogP contribution in [0.4, 0.5) is 13.2 Å². The molecule has 2 aromatic carbocycles. The molecule has 38 heavy (non-hydrogen) atoms. The van der Waals surface area contributed by atoms with Crippen molar-refractivity contribution in [3.63, 3.8) is 0 Å². The second-order valence-corrected chi connectivity index (χ2v) is 11.9. The van der Waals surface area contributed by atoms with Crippen molar-refractivity contribution in [2.24, 2.45) is 0 Å². The van der Waals surface area contributed by atoms with Crippen LogP contribution in [-0.4, -0.2) is 57.1 Å². The van der Waals surface area contributed by atoms with E-state index in [1.807, 2.05) is 31.3 Å². The van der Waals surface area contributed by atoms with Gasteiger partial charge in [-0.25, -0.2) is 0 Å². The van der Waals surface area contributed by atoms with Crippen molar-refractivity contribution >= 4 is 21.9 Å². The van der Waals surface area contributed by atoms with Gasteiger partial charge in [-0.3, -0.25) is 4.21 Å². The Morgan fingerprint density at radius 3 is 2.39 bits per heavy atom. The largest absolute Gasteiger partial charge is 0.508 e. The normalized spacial score (nSPS) is 15.0. The number of nitrogens with zero attached hydrogens (tertiary/aromatic N) is 1. The van der Waals surface area contributed by atoms with Gasteiger partial charge >= 0.3 is 6.18 Å². The van der Waals surface area contributed by atoms with Crippen molar-refractivity contribution in [3.05, 3.63) is 59.2 Å². The molecule has 0 fully saturated rings. The molecule has 1 aliphatic carbocycles. The van der Waals surface area contributed by atoms with Gasteiger partial charge in [0.1, 0.15) is 11.5 Å². The molecule has 0 saturated heterocycles. The Hall–Kier alpha value is -2.32. The van der Waals surface area contributed by atoms with E-state index in [2.05, 4.69) is 11.0 Å². The quantitative estimate of drug-likeness (QED) is 0.242. The Morgan fingerprint density at radius 2 is 1.63 bits per heavy atom. The minimum atomic E-state index is -4.24. The summed E-state index contributed by atoms with van der Waals surface area (Å²) in [7, 11) is 0.592. The summed E-state index contributed by atoms with van der Waals surface area (Å²) in [5.74, 6) is 0.570. The monoisotopic (exact) mass is 551 g/mol. The number of aryl methyl sites for hydroxylation is 1. The van der Waals surface area contributed by atoms with Crippen LogP contribution in [0.25, 0.3) is 11.1 Å². The topological polar surface area (TPSA) is 60.8 Å². The van der Waals surface area contributed by atoms with Gasteiger partial charge in [0.25, 0.3) is 0 Å². The number of phenolic OH excluding ortho intramolecular Hbond substituents is 2. The minimum Gasteiger partial charge on any atom is -0.508 e. The molecule has 4 nitrogen and oxygen atoms in total. The van der Waals surface area contributed by atoms with Crippen LogP contribution in [0.2, 0.25) is 0 Å². The molecule has 1 aliphatic rings. The van der Waals surface area contributed by atoms with Gasteiger partial charge in [0.15, 0.2) is 0 Å². The number of allylic oxidation sites excluding steroid dienone is 2. The third kappa shape index (κ3) is 10.1. The number of benzene rings is 2. The summed E-state index contributed by atoms with van der Waals surface area (Å²) in [6.07, 6.45) is 3.44. The van der Waals surface area contributed by atoms with Crippen LogP contribution < -0.4 is 0 Å². The maximum Gasteiger partial charge on any atom is 0.390 e. The number of alkyl halides is 3. The lowest BCUT2D eigenvalue weighted by molar-refractivity contribution is -0.129. The first-order chi connectivity index (χ1) is 18.1. The lowest BCUT2D eigenvalue weighted by Crippen LogP contribution is -2.23. The van der Waals surface area contributed by atoms with Crippen LogP contribution in [0.3, 0.4) is 0 Å². The van der Waals surface area contributed by atoms with E-state index in [4.69, 9.17) is 0 Å². The van der Waals surface area contributed by atoms with E-state index in [-0.39, 0.29) is 11.5 Å². The third-order valence-corrected chi connectivity index (χ3v) is 8.49. The van der Waals surface area contributed by atoms with Crippen molar-refractivity contribution in [1.29, 1.82) is 0 Å². The SMILES string of the molecule is CN(CCCCCCC1=C(c2cccc(O)c2)CCCc2cc(O)ccc21)CCCS(=O)CCC(F)(F)F. The molecule has 0 saturated carbocycles. The van der Waals surface area contributed by atoms with Crippen LogP contribution in [0, 0.1) is 0 Å². The van der Waals surface area contributed by atoms with Crippen molar-refractivity contribution in [1.82, 2.24) is 4.90 Å². The molecule has 0 bridgehead atoms. The van der Waals surface area contributed by atoms with Gasteiger partial charge < -0.3 is 15.1 Å². The number of fused-ring (bicyclic) bond motifs is 1.